The molecule has 2 rings (SSSR count). The van der Waals surface area contributed by atoms with E-state index in [9.17, 15) is 9.59 Å². The van der Waals surface area contributed by atoms with Gasteiger partial charge in [-0.15, -0.1) is 0 Å². The molecule has 0 aromatic heterocycles. The fourth-order valence-electron chi connectivity index (χ4n) is 3.34. The minimum absolute atomic E-state index is 0.0948. The van der Waals surface area contributed by atoms with E-state index in [0.717, 1.165) is 12.8 Å². The van der Waals surface area contributed by atoms with Gasteiger partial charge in [-0.2, -0.15) is 0 Å². The highest BCUT2D eigenvalue weighted by Crippen LogP contribution is 2.43. The Hall–Kier alpha value is -1.75. The average molecular weight is 367 g/mol. The molecule has 25 heavy (non-hydrogen) atoms. The van der Waals surface area contributed by atoms with Crippen LogP contribution in [0.2, 0.25) is 5.02 Å². The molecule has 0 radical (unpaired) electrons. The first kappa shape index (κ1) is 19.6. The molecule has 5 nitrogen and oxygen atoms in total. The summed E-state index contributed by atoms with van der Waals surface area (Å²) in [4.78, 5) is 25.4. The van der Waals surface area contributed by atoms with E-state index >= 15 is 0 Å². The molecule has 0 bridgehead atoms. The average Bonchev–Trinajstić information content (AvgIpc) is 2.95. The monoisotopic (exact) mass is 366 g/mol. The first-order valence-corrected chi connectivity index (χ1v) is 8.99. The minimum atomic E-state index is -0.678. The molecule has 1 aliphatic rings. The van der Waals surface area contributed by atoms with Gasteiger partial charge in [-0.05, 0) is 51.8 Å². The van der Waals surface area contributed by atoms with Crippen LogP contribution in [0.15, 0.2) is 18.2 Å². The number of ether oxygens (including phenoxy) is 1. The summed E-state index contributed by atoms with van der Waals surface area (Å²) in [6.07, 6.45) is 3.50. The molecule has 2 amide bonds. The Balaban J connectivity index is 2.18. The Morgan fingerprint density at radius 2 is 1.88 bits per heavy atom. The molecule has 0 heterocycles. The van der Waals surface area contributed by atoms with Gasteiger partial charge in [-0.25, -0.2) is 0 Å². The van der Waals surface area contributed by atoms with E-state index < -0.39 is 5.41 Å². The smallest absolute Gasteiger partial charge is 0.231 e. The Labute approximate surface area is 154 Å². The molecule has 0 saturated heterocycles. The van der Waals surface area contributed by atoms with Crippen LogP contribution in [0.3, 0.4) is 0 Å². The lowest BCUT2D eigenvalue weighted by molar-refractivity contribution is -0.133. The number of hydrogen-bond acceptors (Lipinski definition) is 3. The number of carbonyl (C=O) groups is 2. The number of benzene rings is 1. The lowest BCUT2D eigenvalue weighted by Crippen LogP contribution is -2.45. The summed E-state index contributed by atoms with van der Waals surface area (Å²) in [6.45, 7) is 5.80. The number of nitrogens with one attached hydrogen (secondary N) is 2. The lowest BCUT2D eigenvalue weighted by atomic mass is 9.81. The molecule has 0 aliphatic heterocycles. The number of methoxy groups -OCH3 is 1. The molecular formula is C19H27ClN2O3. The molecule has 6 heteroatoms. The quantitative estimate of drug-likeness (QED) is 0.822. The van der Waals surface area contributed by atoms with Gasteiger partial charge in [0.15, 0.2) is 0 Å². The van der Waals surface area contributed by atoms with Crippen LogP contribution in [0.5, 0.6) is 5.75 Å². The summed E-state index contributed by atoms with van der Waals surface area (Å²) in [5.41, 5.74) is -0.464. The molecule has 138 valence electrons. The van der Waals surface area contributed by atoms with E-state index in [-0.39, 0.29) is 23.8 Å². The minimum Gasteiger partial charge on any atom is -0.495 e. The third kappa shape index (κ3) is 5.11. The van der Waals surface area contributed by atoms with Crippen molar-refractivity contribution in [2.45, 2.75) is 58.4 Å². The van der Waals surface area contributed by atoms with Crippen molar-refractivity contribution < 1.29 is 14.3 Å². The highest BCUT2D eigenvalue weighted by molar-refractivity contribution is 6.31. The van der Waals surface area contributed by atoms with Gasteiger partial charge in [0.1, 0.15) is 5.75 Å². The Kier molecular flexibility index (Phi) is 5.99. The van der Waals surface area contributed by atoms with E-state index in [1.54, 1.807) is 25.3 Å². The highest BCUT2D eigenvalue weighted by Gasteiger charge is 2.43. The second-order valence-electron chi connectivity index (χ2n) is 7.76. The van der Waals surface area contributed by atoms with Crippen molar-refractivity contribution in [3.05, 3.63) is 23.2 Å². The molecule has 0 spiro atoms. The second-order valence-corrected chi connectivity index (χ2v) is 8.20. The molecule has 1 saturated carbocycles. The highest BCUT2D eigenvalue weighted by atomic mass is 35.5. The van der Waals surface area contributed by atoms with E-state index in [1.807, 2.05) is 20.8 Å². The Bertz CT molecular complexity index is 647. The van der Waals surface area contributed by atoms with Crippen molar-refractivity contribution in [1.29, 1.82) is 0 Å². The van der Waals surface area contributed by atoms with Crippen LogP contribution in [-0.2, 0) is 9.59 Å². The van der Waals surface area contributed by atoms with E-state index in [4.69, 9.17) is 16.3 Å². The Morgan fingerprint density at radius 3 is 2.44 bits per heavy atom. The van der Waals surface area contributed by atoms with Crippen molar-refractivity contribution in [1.82, 2.24) is 5.32 Å². The maximum absolute atomic E-state index is 13.0. The molecular weight excluding hydrogens is 340 g/mol. The van der Waals surface area contributed by atoms with Crippen molar-refractivity contribution in [2.24, 2.45) is 5.41 Å². The van der Waals surface area contributed by atoms with E-state index in [0.29, 0.717) is 29.3 Å². The molecule has 1 aliphatic carbocycles. The van der Waals surface area contributed by atoms with Crippen LogP contribution in [0.4, 0.5) is 5.69 Å². The SMILES string of the molecule is COc1ccc(Cl)cc1NC(=O)C1(CC(=O)NC(C)(C)C)CCCC1. The van der Waals surface area contributed by atoms with Gasteiger partial charge in [0, 0.05) is 17.0 Å². The fourth-order valence-corrected chi connectivity index (χ4v) is 3.51. The fraction of sp³-hybridized carbons (Fsp3) is 0.579. The second kappa shape index (κ2) is 7.65. The molecule has 0 atom stereocenters. The van der Waals surface area contributed by atoms with Crippen molar-refractivity contribution >= 4 is 29.1 Å². The van der Waals surface area contributed by atoms with Crippen LogP contribution in [-0.4, -0.2) is 24.5 Å². The topological polar surface area (TPSA) is 67.4 Å². The summed E-state index contributed by atoms with van der Waals surface area (Å²) in [5.74, 6) is 0.308. The van der Waals surface area contributed by atoms with Gasteiger partial charge in [-0.3, -0.25) is 9.59 Å². The van der Waals surface area contributed by atoms with E-state index in [2.05, 4.69) is 10.6 Å². The normalized spacial score (nSPS) is 16.4. The third-order valence-electron chi connectivity index (χ3n) is 4.47. The lowest BCUT2D eigenvalue weighted by Gasteiger charge is -2.29. The number of carbonyl (C=O) groups excluding carboxylic acids is 2. The zero-order valence-electron chi connectivity index (χ0n) is 15.4. The number of halogens is 1. The van der Waals surface area contributed by atoms with Crippen LogP contribution >= 0.6 is 11.6 Å². The molecule has 2 N–H and O–H groups in total. The summed E-state index contributed by atoms with van der Waals surface area (Å²) in [6, 6.07) is 5.08. The van der Waals surface area contributed by atoms with Crippen molar-refractivity contribution in [3.63, 3.8) is 0 Å². The van der Waals surface area contributed by atoms with Gasteiger partial charge in [-0.1, -0.05) is 24.4 Å². The first-order valence-electron chi connectivity index (χ1n) is 8.61. The van der Waals surface area contributed by atoms with Gasteiger partial charge in [0.05, 0.1) is 18.2 Å². The molecule has 1 aromatic rings. The zero-order valence-corrected chi connectivity index (χ0v) is 16.1. The van der Waals surface area contributed by atoms with Crippen LogP contribution < -0.4 is 15.4 Å². The largest absolute Gasteiger partial charge is 0.495 e. The molecule has 1 aromatic carbocycles. The van der Waals surface area contributed by atoms with Crippen LogP contribution in [0.1, 0.15) is 52.9 Å². The van der Waals surface area contributed by atoms with Crippen LogP contribution in [0, 0.1) is 5.41 Å². The maximum atomic E-state index is 13.0. The summed E-state index contributed by atoms with van der Waals surface area (Å²) in [7, 11) is 1.54. The van der Waals surface area contributed by atoms with Crippen LogP contribution in [0.25, 0.3) is 0 Å². The number of amides is 2. The standard InChI is InChI=1S/C19H27ClN2O3/c1-18(2,3)22-16(23)12-19(9-5-6-10-19)17(24)21-14-11-13(20)7-8-15(14)25-4/h7-8,11H,5-6,9-10,12H2,1-4H3,(H,21,24)(H,22,23). The first-order chi connectivity index (χ1) is 11.6. The number of hydrogen-bond donors (Lipinski definition) is 2. The number of rotatable bonds is 5. The summed E-state index contributed by atoms with van der Waals surface area (Å²) in [5, 5.41) is 6.40. The molecule has 1 fully saturated rings. The predicted molar refractivity (Wildman–Crippen MR) is 100 cm³/mol. The summed E-state index contributed by atoms with van der Waals surface area (Å²) >= 11 is 6.04. The van der Waals surface area contributed by atoms with Crippen molar-refractivity contribution in [2.75, 3.05) is 12.4 Å². The van der Waals surface area contributed by atoms with Crippen molar-refractivity contribution in [3.8, 4) is 5.75 Å². The Morgan fingerprint density at radius 1 is 1.24 bits per heavy atom. The number of anilines is 1. The third-order valence-corrected chi connectivity index (χ3v) is 4.70. The molecule has 0 unspecified atom stereocenters. The summed E-state index contributed by atoms with van der Waals surface area (Å²) < 4.78 is 5.29. The van der Waals surface area contributed by atoms with E-state index in [1.165, 1.54) is 0 Å². The zero-order chi connectivity index (χ0) is 18.7. The van der Waals surface area contributed by atoms with Gasteiger partial charge in [0.2, 0.25) is 11.8 Å². The predicted octanol–water partition coefficient (Wildman–Crippen LogP) is 4.15. The van der Waals surface area contributed by atoms with Gasteiger partial charge in [0.25, 0.3) is 0 Å². The van der Waals surface area contributed by atoms with Gasteiger partial charge < -0.3 is 15.4 Å². The maximum Gasteiger partial charge on any atom is 0.231 e. The van der Waals surface area contributed by atoms with Gasteiger partial charge >= 0.3 is 0 Å².